The van der Waals surface area contributed by atoms with Gasteiger partial charge in [0.15, 0.2) is 5.69 Å². The molecule has 0 aliphatic carbocycles. The highest BCUT2D eigenvalue weighted by molar-refractivity contribution is 6.02. The van der Waals surface area contributed by atoms with Crippen LogP contribution in [0.4, 0.5) is 0 Å². The van der Waals surface area contributed by atoms with Crippen molar-refractivity contribution in [2.45, 2.75) is 0 Å². The third-order valence-electron chi connectivity index (χ3n) is 3.57. The molecule has 5 nitrogen and oxygen atoms in total. The van der Waals surface area contributed by atoms with Crippen LogP contribution in [0.3, 0.4) is 0 Å². The number of fused-ring (bicyclic) bond motifs is 1. The fourth-order valence-electron chi connectivity index (χ4n) is 2.39. The molecule has 3 aromatic rings. The molecular weight excluding hydrogens is 304 g/mol. The highest BCUT2D eigenvalue weighted by Gasteiger charge is 2.16. The lowest BCUT2D eigenvalue weighted by molar-refractivity contribution is 0.0543. The maximum Gasteiger partial charge on any atom is 0.359 e. The highest BCUT2D eigenvalue weighted by atomic mass is 16.5. The third-order valence-corrected chi connectivity index (χ3v) is 3.57. The molecule has 0 aliphatic rings. The third kappa shape index (κ3) is 3.25. The Labute approximate surface area is 138 Å². The zero-order chi connectivity index (χ0) is 16.9. The molecule has 120 valence electrons. The summed E-state index contributed by atoms with van der Waals surface area (Å²) in [7, 11) is 1.51. The minimum absolute atomic E-state index is 0.132. The number of benzene rings is 2. The number of carbonyl (C=O) groups is 1. The van der Waals surface area contributed by atoms with E-state index in [1.165, 1.54) is 7.05 Å². The number of rotatable bonds is 4. The van der Waals surface area contributed by atoms with E-state index in [9.17, 15) is 9.59 Å². The summed E-state index contributed by atoms with van der Waals surface area (Å²) < 4.78 is 6.40. The standard InChI is InChI=1S/C19H16N2O3/c1-21-18(22)16-12-6-5-11-15(16)17(20-21)19(23)24-13-7-10-14-8-3-2-4-9-14/h2-12H,13H2,1H3/b10-7+. The van der Waals surface area contributed by atoms with Gasteiger partial charge in [0.25, 0.3) is 5.56 Å². The van der Waals surface area contributed by atoms with Gasteiger partial charge in [0.2, 0.25) is 0 Å². The van der Waals surface area contributed by atoms with E-state index in [4.69, 9.17) is 4.74 Å². The maximum absolute atomic E-state index is 12.3. The number of hydrogen-bond donors (Lipinski definition) is 0. The SMILES string of the molecule is Cn1nc(C(=O)OC/C=C/c2ccccc2)c2ccccc2c1=O. The molecule has 0 spiro atoms. The van der Waals surface area contributed by atoms with Gasteiger partial charge in [0.05, 0.1) is 5.39 Å². The second-order valence-electron chi connectivity index (χ2n) is 5.23. The van der Waals surface area contributed by atoms with Crippen molar-refractivity contribution in [3.63, 3.8) is 0 Å². The van der Waals surface area contributed by atoms with E-state index in [1.807, 2.05) is 36.4 Å². The number of carbonyl (C=O) groups excluding carboxylic acids is 1. The normalized spacial score (nSPS) is 11.0. The zero-order valence-corrected chi connectivity index (χ0v) is 13.2. The number of nitrogens with zero attached hydrogens (tertiary/aromatic N) is 2. The van der Waals surface area contributed by atoms with Crippen LogP contribution in [0.25, 0.3) is 16.8 Å². The summed E-state index contributed by atoms with van der Waals surface area (Å²) in [4.78, 5) is 24.4. The molecule has 0 unspecified atom stereocenters. The first kappa shape index (κ1) is 15.7. The lowest BCUT2D eigenvalue weighted by Gasteiger charge is -2.07. The minimum atomic E-state index is -0.556. The first-order valence-corrected chi connectivity index (χ1v) is 7.51. The zero-order valence-electron chi connectivity index (χ0n) is 13.2. The average molecular weight is 320 g/mol. The van der Waals surface area contributed by atoms with Gasteiger partial charge in [-0.15, -0.1) is 0 Å². The fourth-order valence-corrected chi connectivity index (χ4v) is 2.39. The van der Waals surface area contributed by atoms with E-state index >= 15 is 0 Å². The lowest BCUT2D eigenvalue weighted by atomic mass is 10.1. The molecular formula is C19H16N2O3. The molecule has 24 heavy (non-hydrogen) atoms. The second-order valence-corrected chi connectivity index (χ2v) is 5.23. The molecule has 0 fully saturated rings. The number of aryl methyl sites for hydroxylation is 1. The van der Waals surface area contributed by atoms with E-state index in [1.54, 1.807) is 30.3 Å². The molecule has 0 bridgehead atoms. The number of ether oxygens (including phenoxy) is 1. The summed E-state index contributed by atoms with van der Waals surface area (Å²) in [6.45, 7) is 0.132. The van der Waals surface area contributed by atoms with E-state index in [0.29, 0.717) is 10.8 Å². The molecule has 5 heteroatoms. The van der Waals surface area contributed by atoms with Crippen molar-refractivity contribution < 1.29 is 9.53 Å². The lowest BCUT2D eigenvalue weighted by Crippen LogP contribution is -2.23. The molecule has 3 rings (SSSR count). The van der Waals surface area contributed by atoms with Crippen LogP contribution in [0, 0.1) is 0 Å². The van der Waals surface area contributed by atoms with Gasteiger partial charge >= 0.3 is 5.97 Å². The van der Waals surface area contributed by atoms with Crippen molar-refractivity contribution in [3.8, 4) is 0 Å². The van der Waals surface area contributed by atoms with Crippen molar-refractivity contribution in [2.75, 3.05) is 6.61 Å². The van der Waals surface area contributed by atoms with E-state index in [-0.39, 0.29) is 17.9 Å². The van der Waals surface area contributed by atoms with Crippen molar-refractivity contribution in [1.29, 1.82) is 0 Å². The fraction of sp³-hybridized carbons (Fsp3) is 0.105. The number of aromatic nitrogens is 2. The Kier molecular flexibility index (Phi) is 4.52. The van der Waals surface area contributed by atoms with Crippen LogP contribution < -0.4 is 5.56 Å². The van der Waals surface area contributed by atoms with Gasteiger partial charge in [0, 0.05) is 12.4 Å². The monoisotopic (exact) mass is 320 g/mol. The van der Waals surface area contributed by atoms with Crippen LogP contribution in [-0.2, 0) is 11.8 Å². The van der Waals surface area contributed by atoms with Gasteiger partial charge in [0.1, 0.15) is 6.61 Å². The van der Waals surface area contributed by atoms with E-state index in [2.05, 4.69) is 5.10 Å². The predicted molar refractivity (Wildman–Crippen MR) is 92.7 cm³/mol. The van der Waals surface area contributed by atoms with Gasteiger partial charge in [-0.1, -0.05) is 54.6 Å². The van der Waals surface area contributed by atoms with Crippen molar-refractivity contribution in [3.05, 3.63) is 82.3 Å². The smallest absolute Gasteiger partial charge is 0.359 e. The quantitative estimate of drug-likeness (QED) is 0.694. The minimum Gasteiger partial charge on any atom is -0.457 e. The summed E-state index contributed by atoms with van der Waals surface area (Å²) >= 11 is 0. The predicted octanol–water partition coefficient (Wildman–Crippen LogP) is 2.80. The van der Waals surface area contributed by atoms with Crippen LogP contribution in [-0.4, -0.2) is 22.4 Å². The molecule has 1 heterocycles. The Morgan fingerprint density at radius 3 is 2.50 bits per heavy atom. The molecule has 0 amide bonds. The Balaban J connectivity index is 1.78. The largest absolute Gasteiger partial charge is 0.457 e. The summed E-state index contributed by atoms with van der Waals surface area (Å²) in [6, 6.07) is 16.6. The molecule has 0 N–H and O–H groups in total. The molecule has 1 aromatic heterocycles. The summed E-state index contributed by atoms with van der Waals surface area (Å²) in [5.74, 6) is -0.556. The molecule has 0 saturated carbocycles. The van der Waals surface area contributed by atoms with Crippen LogP contribution in [0.15, 0.2) is 65.5 Å². The van der Waals surface area contributed by atoms with Crippen LogP contribution in [0.1, 0.15) is 16.1 Å². The van der Waals surface area contributed by atoms with Crippen LogP contribution >= 0.6 is 0 Å². The Bertz CT molecular complexity index is 959. The van der Waals surface area contributed by atoms with Crippen molar-refractivity contribution >= 4 is 22.8 Å². The number of esters is 1. The molecule has 0 atom stereocenters. The maximum atomic E-state index is 12.3. The second kappa shape index (κ2) is 6.91. The van der Waals surface area contributed by atoms with Crippen molar-refractivity contribution in [1.82, 2.24) is 9.78 Å². The molecule has 2 aromatic carbocycles. The van der Waals surface area contributed by atoms with Gasteiger partial charge < -0.3 is 4.74 Å². The summed E-state index contributed by atoms with van der Waals surface area (Å²) in [5, 5.41) is 4.99. The van der Waals surface area contributed by atoms with Gasteiger partial charge in [-0.05, 0) is 17.7 Å². The number of hydrogen-bond acceptors (Lipinski definition) is 4. The Morgan fingerprint density at radius 1 is 1.08 bits per heavy atom. The van der Waals surface area contributed by atoms with Crippen LogP contribution in [0.2, 0.25) is 0 Å². The summed E-state index contributed by atoms with van der Waals surface area (Å²) in [5.41, 5.74) is 0.922. The van der Waals surface area contributed by atoms with E-state index in [0.717, 1.165) is 10.2 Å². The van der Waals surface area contributed by atoms with E-state index < -0.39 is 5.97 Å². The summed E-state index contributed by atoms with van der Waals surface area (Å²) in [6.07, 6.45) is 3.64. The first-order chi connectivity index (χ1) is 11.7. The van der Waals surface area contributed by atoms with Gasteiger partial charge in [-0.3, -0.25) is 4.79 Å². The Hall–Kier alpha value is -3.21. The molecule has 0 saturated heterocycles. The van der Waals surface area contributed by atoms with Crippen LogP contribution in [0.5, 0.6) is 0 Å². The van der Waals surface area contributed by atoms with Gasteiger partial charge in [-0.2, -0.15) is 5.10 Å². The topological polar surface area (TPSA) is 61.2 Å². The molecule has 0 aliphatic heterocycles. The average Bonchev–Trinajstić information content (AvgIpc) is 2.62. The van der Waals surface area contributed by atoms with Gasteiger partial charge in [-0.25, -0.2) is 9.48 Å². The first-order valence-electron chi connectivity index (χ1n) is 7.51. The Morgan fingerprint density at radius 2 is 1.75 bits per heavy atom. The highest BCUT2D eigenvalue weighted by Crippen LogP contribution is 2.14. The molecule has 0 radical (unpaired) electrons. The van der Waals surface area contributed by atoms with Crippen molar-refractivity contribution in [2.24, 2.45) is 7.05 Å².